The maximum absolute atomic E-state index is 5.54. The van der Waals surface area contributed by atoms with Crippen molar-refractivity contribution < 1.29 is 9.47 Å². The van der Waals surface area contributed by atoms with Gasteiger partial charge in [0.2, 0.25) is 6.79 Å². The Morgan fingerprint density at radius 3 is 2.85 bits per heavy atom. The van der Waals surface area contributed by atoms with Crippen molar-refractivity contribution in [2.75, 3.05) is 20.4 Å². The third kappa shape index (κ3) is 2.91. The number of hydrogen-bond donors (Lipinski definition) is 0. The van der Waals surface area contributed by atoms with E-state index in [1.165, 1.54) is 11.1 Å². The predicted molar refractivity (Wildman–Crippen MR) is 76.8 cm³/mol. The van der Waals surface area contributed by atoms with E-state index in [1.807, 2.05) is 24.5 Å². The van der Waals surface area contributed by atoms with Crippen LogP contribution in [-0.2, 0) is 13.0 Å². The molecule has 0 saturated heterocycles. The summed E-state index contributed by atoms with van der Waals surface area (Å²) in [6.07, 6.45) is 4.70. The zero-order valence-electron chi connectivity index (χ0n) is 11.6. The summed E-state index contributed by atoms with van der Waals surface area (Å²) >= 11 is 0. The molecule has 0 spiro atoms. The van der Waals surface area contributed by atoms with Gasteiger partial charge in [-0.2, -0.15) is 0 Å². The predicted octanol–water partition coefficient (Wildman–Crippen LogP) is 2.48. The van der Waals surface area contributed by atoms with Crippen molar-refractivity contribution in [3.63, 3.8) is 0 Å². The number of hydrogen-bond acceptors (Lipinski definition) is 4. The van der Waals surface area contributed by atoms with Crippen LogP contribution in [0.2, 0.25) is 0 Å². The Balaban J connectivity index is 1.59. The zero-order valence-corrected chi connectivity index (χ0v) is 11.6. The van der Waals surface area contributed by atoms with Gasteiger partial charge >= 0.3 is 0 Å². The minimum atomic E-state index is 0.326. The molecule has 3 rings (SSSR count). The number of fused-ring (bicyclic) bond motifs is 1. The monoisotopic (exact) mass is 270 g/mol. The highest BCUT2D eigenvalue weighted by atomic mass is 16.7. The van der Waals surface area contributed by atoms with Crippen molar-refractivity contribution in [2.24, 2.45) is 0 Å². The molecule has 0 amide bonds. The van der Waals surface area contributed by atoms with Crippen molar-refractivity contribution in [3.05, 3.63) is 53.9 Å². The van der Waals surface area contributed by atoms with Crippen LogP contribution in [-0.4, -0.2) is 30.3 Å². The van der Waals surface area contributed by atoms with Gasteiger partial charge in [0.1, 0.15) is 0 Å². The highest BCUT2D eigenvalue weighted by Gasteiger charge is 2.17. The molecule has 1 aromatic heterocycles. The molecule has 0 saturated carbocycles. The molecule has 0 unspecified atom stereocenters. The van der Waals surface area contributed by atoms with E-state index >= 15 is 0 Å². The highest BCUT2D eigenvalue weighted by molar-refractivity contribution is 5.48. The smallest absolute Gasteiger partial charge is 0.231 e. The van der Waals surface area contributed by atoms with Crippen molar-refractivity contribution in [1.82, 2.24) is 9.88 Å². The number of para-hydroxylation sites is 1. The molecule has 104 valence electrons. The van der Waals surface area contributed by atoms with E-state index < -0.39 is 0 Å². The van der Waals surface area contributed by atoms with Crippen LogP contribution in [0.25, 0.3) is 0 Å². The Bertz CT molecular complexity index is 572. The summed E-state index contributed by atoms with van der Waals surface area (Å²) in [6.45, 7) is 2.18. The zero-order chi connectivity index (χ0) is 13.8. The molecule has 20 heavy (non-hydrogen) atoms. The van der Waals surface area contributed by atoms with Crippen LogP contribution in [0.1, 0.15) is 11.1 Å². The maximum Gasteiger partial charge on any atom is 0.231 e. The van der Waals surface area contributed by atoms with Crippen molar-refractivity contribution in [3.8, 4) is 11.5 Å². The Morgan fingerprint density at radius 1 is 1.15 bits per heavy atom. The van der Waals surface area contributed by atoms with Gasteiger partial charge in [-0.1, -0.05) is 12.1 Å². The molecule has 0 N–H and O–H groups in total. The third-order valence-corrected chi connectivity index (χ3v) is 3.45. The Labute approximate surface area is 119 Å². The van der Waals surface area contributed by atoms with Gasteiger partial charge in [-0.25, -0.2) is 0 Å². The summed E-state index contributed by atoms with van der Waals surface area (Å²) in [6, 6.07) is 10.2. The van der Waals surface area contributed by atoms with Crippen LogP contribution in [0.5, 0.6) is 11.5 Å². The van der Waals surface area contributed by atoms with Crippen molar-refractivity contribution in [1.29, 1.82) is 0 Å². The number of benzene rings is 1. The number of aromatic nitrogens is 1. The van der Waals surface area contributed by atoms with Gasteiger partial charge in [-0.05, 0) is 37.2 Å². The Morgan fingerprint density at radius 2 is 2.00 bits per heavy atom. The Hall–Kier alpha value is -2.07. The molecule has 0 fully saturated rings. The fourth-order valence-corrected chi connectivity index (χ4v) is 2.35. The molecule has 4 nitrogen and oxygen atoms in total. The number of nitrogens with zero attached hydrogens (tertiary/aromatic N) is 2. The van der Waals surface area contributed by atoms with E-state index in [0.29, 0.717) is 6.79 Å². The van der Waals surface area contributed by atoms with Crippen LogP contribution < -0.4 is 9.47 Å². The fourth-order valence-electron chi connectivity index (χ4n) is 2.35. The van der Waals surface area contributed by atoms with Gasteiger partial charge in [0.15, 0.2) is 11.5 Å². The summed E-state index contributed by atoms with van der Waals surface area (Å²) in [5.41, 5.74) is 2.49. The topological polar surface area (TPSA) is 34.6 Å². The molecule has 2 aromatic rings. The van der Waals surface area contributed by atoms with Gasteiger partial charge in [-0.15, -0.1) is 0 Å². The first-order valence-corrected chi connectivity index (χ1v) is 6.78. The van der Waals surface area contributed by atoms with E-state index in [4.69, 9.17) is 9.47 Å². The van der Waals surface area contributed by atoms with Gasteiger partial charge in [-0.3, -0.25) is 4.98 Å². The minimum absolute atomic E-state index is 0.326. The van der Waals surface area contributed by atoms with Crippen LogP contribution in [0, 0.1) is 0 Å². The second-order valence-electron chi connectivity index (χ2n) is 4.99. The molecule has 1 aromatic carbocycles. The normalized spacial score (nSPS) is 12.9. The molecular formula is C16H18N2O2. The molecule has 0 radical (unpaired) electrons. The van der Waals surface area contributed by atoms with E-state index in [9.17, 15) is 0 Å². The number of ether oxygens (including phenoxy) is 2. The standard InChI is InChI=1S/C16H18N2O2/c1-18(10-7-13-5-8-17-9-6-13)11-14-3-2-4-15-16(14)20-12-19-15/h2-6,8-9H,7,10-12H2,1H3. The maximum atomic E-state index is 5.54. The SMILES string of the molecule is CN(CCc1ccncc1)Cc1cccc2c1OCO2. The Kier molecular flexibility index (Phi) is 3.83. The van der Waals surface area contributed by atoms with Crippen LogP contribution in [0.15, 0.2) is 42.7 Å². The molecule has 1 aliphatic rings. The van der Waals surface area contributed by atoms with Gasteiger partial charge in [0, 0.05) is 31.0 Å². The summed E-state index contributed by atoms with van der Waals surface area (Å²) in [5.74, 6) is 1.74. The molecule has 2 heterocycles. The van der Waals surface area contributed by atoms with Crippen LogP contribution in [0.4, 0.5) is 0 Å². The van der Waals surface area contributed by atoms with Gasteiger partial charge in [0.25, 0.3) is 0 Å². The lowest BCUT2D eigenvalue weighted by Crippen LogP contribution is -2.21. The van der Waals surface area contributed by atoms with Crippen LogP contribution in [0.3, 0.4) is 0 Å². The lowest BCUT2D eigenvalue weighted by atomic mass is 10.1. The summed E-state index contributed by atoms with van der Waals surface area (Å²) in [4.78, 5) is 6.32. The summed E-state index contributed by atoms with van der Waals surface area (Å²) in [5, 5.41) is 0. The largest absolute Gasteiger partial charge is 0.454 e. The third-order valence-electron chi connectivity index (χ3n) is 3.45. The molecule has 0 atom stereocenters. The summed E-state index contributed by atoms with van der Waals surface area (Å²) in [7, 11) is 2.12. The quantitative estimate of drug-likeness (QED) is 0.836. The van der Waals surface area contributed by atoms with Crippen molar-refractivity contribution in [2.45, 2.75) is 13.0 Å². The fraction of sp³-hybridized carbons (Fsp3) is 0.312. The van der Waals surface area contributed by atoms with Gasteiger partial charge < -0.3 is 14.4 Å². The average Bonchev–Trinajstić information content (AvgIpc) is 2.96. The molecular weight excluding hydrogens is 252 g/mol. The van der Waals surface area contributed by atoms with Gasteiger partial charge in [0.05, 0.1) is 0 Å². The van der Waals surface area contributed by atoms with E-state index in [0.717, 1.165) is 31.0 Å². The van der Waals surface area contributed by atoms with Crippen LogP contribution >= 0.6 is 0 Å². The first-order chi connectivity index (χ1) is 9.83. The first kappa shape index (κ1) is 12.9. The lowest BCUT2D eigenvalue weighted by molar-refractivity contribution is 0.172. The van der Waals surface area contributed by atoms with E-state index in [2.05, 4.69) is 35.1 Å². The highest BCUT2D eigenvalue weighted by Crippen LogP contribution is 2.35. The van der Waals surface area contributed by atoms with Crippen molar-refractivity contribution >= 4 is 0 Å². The number of likely N-dealkylation sites (N-methyl/N-ethyl adjacent to an activating group) is 1. The van der Waals surface area contributed by atoms with E-state index in [1.54, 1.807) is 0 Å². The lowest BCUT2D eigenvalue weighted by Gasteiger charge is -2.17. The minimum Gasteiger partial charge on any atom is -0.454 e. The van der Waals surface area contributed by atoms with E-state index in [-0.39, 0.29) is 0 Å². The second kappa shape index (κ2) is 5.92. The average molecular weight is 270 g/mol. The second-order valence-corrected chi connectivity index (χ2v) is 4.99. The number of pyridine rings is 1. The molecule has 0 bridgehead atoms. The summed E-state index contributed by atoms with van der Waals surface area (Å²) < 4.78 is 10.9. The molecule has 0 aliphatic carbocycles. The number of rotatable bonds is 5. The first-order valence-electron chi connectivity index (χ1n) is 6.78. The molecule has 4 heteroatoms. The molecule has 1 aliphatic heterocycles.